The maximum atomic E-state index is 11.5. The van der Waals surface area contributed by atoms with E-state index < -0.39 is 0 Å². The fourth-order valence-corrected chi connectivity index (χ4v) is 3.76. The standard InChI is InChI=1S/C16H15N3O2S/c1-10(20)21-15-11-6-2-3-7-12(11)18-19(15)16-17-13-8-4-5-9-14(13)22-16/h4-5,8-9H,2-3,6-7H2,1H3. The molecule has 1 aliphatic rings. The molecule has 3 aromatic rings. The van der Waals surface area contributed by atoms with Crippen molar-refractivity contribution in [3.63, 3.8) is 0 Å². The van der Waals surface area contributed by atoms with Gasteiger partial charge in [-0.05, 0) is 37.8 Å². The predicted octanol–water partition coefficient (Wildman–Crippen LogP) is 3.29. The third-order valence-corrected chi connectivity index (χ3v) is 4.83. The molecule has 2 heterocycles. The predicted molar refractivity (Wildman–Crippen MR) is 84.7 cm³/mol. The molecule has 1 aromatic carbocycles. The minimum atomic E-state index is -0.323. The number of rotatable bonds is 2. The van der Waals surface area contributed by atoms with E-state index in [0.29, 0.717) is 5.88 Å². The van der Waals surface area contributed by atoms with Gasteiger partial charge < -0.3 is 4.74 Å². The molecule has 4 rings (SSSR count). The molecule has 0 amide bonds. The average molecular weight is 313 g/mol. The van der Waals surface area contributed by atoms with Gasteiger partial charge in [0.05, 0.1) is 15.9 Å². The molecule has 0 N–H and O–H groups in total. The van der Waals surface area contributed by atoms with Crippen LogP contribution in [0.15, 0.2) is 24.3 Å². The van der Waals surface area contributed by atoms with Crippen molar-refractivity contribution in [3.05, 3.63) is 35.5 Å². The number of hydrogen-bond acceptors (Lipinski definition) is 5. The zero-order valence-electron chi connectivity index (χ0n) is 12.2. The second kappa shape index (κ2) is 5.21. The minimum Gasteiger partial charge on any atom is -0.407 e. The second-order valence-corrected chi connectivity index (χ2v) is 6.42. The molecule has 0 saturated carbocycles. The Morgan fingerprint density at radius 2 is 2.09 bits per heavy atom. The van der Waals surface area contributed by atoms with Crippen LogP contribution in [0.2, 0.25) is 0 Å². The summed E-state index contributed by atoms with van der Waals surface area (Å²) in [6, 6.07) is 7.97. The van der Waals surface area contributed by atoms with E-state index in [1.54, 1.807) is 16.0 Å². The lowest BCUT2D eigenvalue weighted by atomic mass is 9.98. The third-order valence-electron chi connectivity index (χ3n) is 3.81. The highest BCUT2D eigenvalue weighted by Crippen LogP contribution is 2.34. The highest BCUT2D eigenvalue weighted by Gasteiger charge is 2.25. The van der Waals surface area contributed by atoms with Gasteiger partial charge in [-0.3, -0.25) is 4.79 Å². The molecule has 112 valence electrons. The Balaban J connectivity index is 1.89. The molecule has 0 spiro atoms. The molecular weight excluding hydrogens is 298 g/mol. The maximum absolute atomic E-state index is 11.5. The highest BCUT2D eigenvalue weighted by molar-refractivity contribution is 7.20. The molecule has 5 nitrogen and oxygen atoms in total. The Hall–Kier alpha value is -2.21. The largest absolute Gasteiger partial charge is 0.407 e. The number of aromatic nitrogens is 3. The monoisotopic (exact) mass is 313 g/mol. The Labute approximate surface area is 131 Å². The van der Waals surface area contributed by atoms with E-state index in [4.69, 9.17) is 4.74 Å². The molecule has 0 saturated heterocycles. The van der Waals surface area contributed by atoms with Crippen molar-refractivity contribution in [2.24, 2.45) is 0 Å². The van der Waals surface area contributed by atoms with Gasteiger partial charge in [0.2, 0.25) is 11.0 Å². The van der Waals surface area contributed by atoms with Crippen molar-refractivity contribution in [3.8, 4) is 11.0 Å². The van der Waals surface area contributed by atoms with E-state index in [2.05, 4.69) is 10.1 Å². The fraction of sp³-hybridized carbons (Fsp3) is 0.312. The number of fused-ring (bicyclic) bond motifs is 2. The zero-order valence-corrected chi connectivity index (χ0v) is 13.0. The van der Waals surface area contributed by atoms with Crippen LogP contribution in [0.3, 0.4) is 0 Å². The highest BCUT2D eigenvalue weighted by atomic mass is 32.1. The summed E-state index contributed by atoms with van der Waals surface area (Å²) in [4.78, 5) is 16.1. The molecular formula is C16H15N3O2S. The van der Waals surface area contributed by atoms with Gasteiger partial charge in [-0.2, -0.15) is 9.78 Å². The Kier molecular flexibility index (Phi) is 3.18. The summed E-state index contributed by atoms with van der Waals surface area (Å²) in [5.74, 6) is 0.219. The van der Waals surface area contributed by atoms with Crippen LogP contribution in [-0.2, 0) is 17.6 Å². The first-order chi connectivity index (χ1) is 10.7. The molecule has 1 aliphatic carbocycles. The van der Waals surface area contributed by atoms with E-state index >= 15 is 0 Å². The van der Waals surface area contributed by atoms with Crippen molar-refractivity contribution in [1.82, 2.24) is 14.8 Å². The molecule has 2 aromatic heterocycles. The topological polar surface area (TPSA) is 57.0 Å². The lowest BCUT2D eigenvalue weighted by Crippen LogP contribution is -2.09. The summed E-state index contributed by atoms with van der Waals surface area (Å²) in [7, 11) is 0. The summed E-state index contributed by atoms with van der Waals surface area (Å²) >= 11 is 1.55. The van der Waals surface area contributed by atoms with Crippen LogP contribution in [0.5, 0.6) is 5.88 Å². The maximum Gasteiger partial charge on any atom is 0.309 e. The Morgan fingerprint density at radius 1 is 1.27 bits per heavy atom. The van der Waals surface area contributed by atoms with Crippen LogP contribution in [0.4, 0.5) is 0 Å². The van der Waals surface area contributed by atoms with Gasteiger partial charge in [0.1, 0.15) is 0 Å². The van der Waals surface area contributed by atoms with Crippen molar-refractivity contribution in [2.45, 2.75) is 32.6 Å². The van der Waals surface area contributed by atoms with E-state index in [-0.39, 0.29) is 5.97 Å². The minimum absolute atomic E-state index is 0.323. The summed E-state index contributed by atoms with van der Waals surface area (Å²) in [5.41, 5.74) is 3.02. The molecule has 0 unspecified atom stereocenters. The molecule has 0 aliphatic heterocycles. The van der Waals surface area contributed by atoms with Crippen molar-refractivity contribution >= 4 is 27.5 Å². The van der Waals surface area contributed by atoms with Gasteiger partial charge in [-0.25, -0.2) is 4.98 Å². The first-order valence-corrected chi connectivity index (χ1v) is 8.19. The molecule has 6 heteroatoms. The first-order valence-electron chi connectivity index (χ1n) is 7.37. The number of esters is 1. The van der Waals surface area contributed by atoms with Crippen LogP contribution in [0.1, 0.15) is 31.0 Å². The van der Waals surface area contributed by atoms with Crippen molar-refractivity contribution < 1.29 is 9.53 Å². The number of carbonyl (C=O) groups excluding carboxylic acids is 1. The van der Waals surface area contributed by atoms with Crippen molar-refractivity contribution in [2.75, 3.05) is 0 Å². The lowest BCUT2D eigenvalue weighted by molar-refractivity contribution is -0.132. The number of aryl methyl sites for hydroxylation is 1. The molecule has 22 heavy (non-hydrogen) atoms. The van der Waals surface area contributed by atoms with Crippen LogP contribution in [0, 0.1) is 0 Å². The number of para-hydroxylation sites is 1. The number of ether oxygens (including phenoxy) is 1. The van der Waals surface area contributed by atoms with Crippen LogP contribution in [-0.4, -0.2) is 20.7 Å². The van der Waals surface area contributed by atoms with Gasteiger partial charge >= 0.3 is 5.97 Å². The van der Waals surface area contributed by atoms with E-state index in [0.717, 1.165) is 52.3 Å². The second-order valence-electron chi connectivity index (χ2n) is 5.41. The zero-order chi connectivity index (χ0) is 15.1. The van der Waals surface area contributed by atoms with Gasteiger partial charge in [0, 0.05) is 12.5 Å². The Morgan fingerprint density at radius 3 is 2.91 bits per heavy atom. The van der Waals surface area contributed by atoms with Gasteiger partial charge in [0.15, 0.2) is 0 Å². The molecule has 0 atom stereocenters. The van der Waals surface area contributed by atoms with Crippen LogP contribution in [0.25, 0.3) is 15.3 Å². The molecule has 0 bridgehead atoms. The number of thiazole rings is 1. The van der Waals surface area contributed by atoms with E-state index in [1.165, 1.54) is 6.92 Å². The smallest absolute Gasteiger partial charge is 0.309 e. The van der Waals surface area contributed by atoms with E-state index in [1.807, 2.05) is 24.3 Å². The quantitative estimate of drug-likeness (QED) is 0.681. The molecule has 0 radical (unpaired) electrons. The Bertz CT molecular complexity index is 833. The van der Waals surface area contributed by atoms with Crippen LogP contribution < -0.4 is 4.74 Å². The summed E-state index contributed by atoms with van der Waals surface area (Å²) in [5, 5.41) is 5.40. The summed E-state index contributed by atoms with van der Waals surface area (Å²) < 4.78 is 8.26. The first kappa shape index (κ1) is 13.5. The number of hydrogen-bond donors (Lipinski definition) is 0. The van der Waals surface area contributed by atoms with E-state index in [9.17, 15) is 4.79 Å². The van der Waals surface area contributed by atoms with Crippen molar-refractivity contribution in [1.29, 1.82) is 0 Å². The summed E-state index contributed by atoms with van der Waals surface area (Å²) in [6.07, 6.45) is 4.07. The average Bonchev–Trinajstić information content (AvgIpc) is 3.08. The molecule has 0 fully saturated rings. The fourth-order valence-electron chi connectivity index (χ4n) is 2.85. The van der Waals surface area contributed by atoms with Gasteiger partial charge in [0.25, 0.3) is 0 Å². The van der Waals surface area contributed by atoms with Crippen LogP contribution >= 0.6 is 11.3 Å². The van der Waals surface area contributed by atoms with Gasteiger partial charge in [-0.15, -0.1) is 0 Å². The number of carbonyl (C=O) groups is 1. The lowest BCUT2D eigenvalue weighted by Gasteiger charge is -2.10. The third kappa shape index (κ3) is 2.20. The summed E-state index contributed by atoms with van der Waals surface area (Å²) in [6.45, 7) is 1.42. The number of benzene rings is 1. The number of nitrogens with zero attached hydrogens (tertiary/aromatic N) is 3. The normalized spacial score (nSPS) is 14.0. The van der Waals surface area contributed by atoms with Gasteiger partial charge in [-0.1, -0.05) is 23.5 Å². The SMILES string of the molecule is CC(=O)Oc1c2c(nn1-c1nc3ccccc3s1)CCCC2.